The van der Waals surface area contributed by atoms with Gasteiger partial charge in [-0.1, -0.05) is 24.6 Å². The highest BCUT2D eigenvalue weighted by molar-refractivity contribution is 6.34. The number of nitrogens with two attached hydrogens (primary N) is 1. The van der Waals surface area contributed by atoms with Crippen LogP contribution in [-0.4, -0.2) is 5.91 Å². The topological polar surface area (TPSA) is 55.1 Å². The third kappa shape index (κ3) is 1.62. The molecule has 1 heterocycles. The second kappa shape index (κ2) is 3.83. The molecular weight excluding hydrogens is 212 g/mol. The Hall–Kier alpha value is -1.06. The Morgan fingerprint density at radius 1 is 1.53 bits per heavy atom. The van der Waals surface area contributed by atoms with Gasteiger partial charge in [0.2, 0.25) is 5.91 Å². The van der Waals surface area contributed by atoms with Crippen molar-refractivity contribution in [1.29, 1.82) is 0 Å². The van der Waals surface area contributed by atoms with Crippen LogP contribution in [0.1, 0.15) is 30.4 Å². The van der Waals surface area contributed by atoms with Gasteiger partial charge in [-0.2, -0.15) is 0 Å². The van der Waals surface area contributed by atoms with E-state index in [0.717, 1.165) is 23.2 Å². The van der Waals surface area contributed by atoms with E-state index in [1.807, 2.05) is 13.0 Å². The minimum Gasteiger partial charge on any atom is -0.326 e. The standard InChI is InChI=1S/C11H13ClN2O/c1-2-7-8-3-6(5-13)4-9(12)10(8)14-11(7)15/h3-4,7H,2,5,13H2,1H3,(H,14,15). The van der Waals surface area contributed by atoms with Crippen LogP contribution >= 0.6 is 11.6 Å². The molecule has 1 aliphatic heterocycles. The Kier molecular flexibility index (Phi) is 2.67. The van der Waals surface area contributed by atoms with E-state index in [0.29, 0.717) is 11.6 Å². The Morgan fingerprint density at radius 2 is 2.27 bits per heavy atom. The van der Waals surface area contributed by atoms with Gasteiger partial charge in [-0.3, -0.25) is 4.79 Å². The molecule has 0 saturated heterocycles. The number of amides is 1. The summed E-state index contributed by atoms with van der Waals surface area (Å²) in [6, 6.07) is 3.77. The summed E-state index contributed by atoms with van der Waals surface area (Å²) >= 11 is 6.07. The van der Waals surface area contributed by atoms with Gasteiger partial charge < -0.3 is 11.1 Å². The van der Waals surface area contributed by atoms with Crippen molar-refractivity contribution in [2.45, 2.75) is 25.8 Å². The second-order valence-corrected chi connectivity index (χ2v) is 4.10. The van der Waals surface area contributed by atoms with E-state index >= 15 is 0 Å². The third-order valence-electron chi connectivity index (χ3n) is 2.76. The first-order valence-electron chi connectivity index (χ1n) is 5.00. The molecular formula is C11H13ClN2O. The van der Waals surface area contributed by atoms with Crippen LogP contribution in [0.3, 0.4) is 0 Å². The molecule has 80 valence electrons. The van der Waals surface area contributed by atoms with E-state index in [1.54, 1.807) is 6.07 Å². The number of carbonyl (C=O) groups excluding carboxylic acids is 1. The zero-order valence-corrected chi connectivity index (χ0v) is 9.27. The Labute approximate surface area is 93.6 Å². The van der Waals surface area contributed by atoms with E-state index in [9.17, 15) is 4.79 Å². The molecule has 3 N–H and O–H groups in total. The van der Waals surface area contributed by atoms with Crippen LogP contribution in [-0.2, 0) is 11.3 Å². The van der Waals surface area contributed by atoms with Gasteiger partial charge in [0.25, 0.3) is 0 Å². The lowest BCUT2D eigenvalue weighted by Gasteiger charge is -2.07. The minimum absolute atomic E-state index is 0.0311. The molecule has 0 spiro atoms. The van der Waals surface area contributed by atoms with Crippen molar-refractivity contribution in [3.8, 4) is 0 Å². The average Bonchev–Trinajstić information content (AvgIpc) is 2.54. The molecule has 15 heavy (non-hydrogen) atoms. The normalized spacial score (nSPS) is 18.9. The van der Waals surface area contributed by atoms with Crippen molar-refractivity contribution < 1.29 is 4.79 Å². The van der Waals surface area contributed by atoms with Crippen molar-refractivity contribution in [1.82, 2.24) is 0 Å². The lowest BCUT2D eigenvalue weighted by Crippen LogP contribution is -2.10. The summed E-state index contributed by atoms with van der Waals surface area (Å²) in [6.07, 6.45) is 0.781. The van der Waals surface area contributed by atoms with Gasteiger partial charge >= 0.3 is 0 Å². The van der Waals surface area contributed by atoms with Crippen LogP contribution in [0, 0.1) is 0 Å². The highest BCUT2D eigenvalue weighted by Crippen LogP contribution is 2.39. The number of halogens is 1. The van der Waals surface area contributed by atoms with Crippen LogP contribution in [0.15, 0.2) is 12.1 Å². The summed E-state index contributed by atoms with van der Waals surface area (Å²) in [5, 5.41) is 3.39. The molecule has 0 radical (unpaired) electrons. The maximum absolute atomic E-state index is 11.6. The van der Waals surface area contributed by atoms with Gasteiger partial charge in [-0.15, -0.1) is 0 Å². The minimum atomic E-state index is -0.0796. The van der Waals surface area contributed by atoms with Crippen molar-refractivity contribution in [2.24, 2.45) is 5.73 Å². The zero-order valence-electron chi connectivity index (χ0n) is 8.51. The third-order valence-corrected chi connectivity index (χ3v) is 3.06. The van der Waals surface area contributed by atoms with Gasteiger partial charge in [0.15, 0.2) is 0 Å². The lowest BCUT2D eigenvalue weighted by molar-refractivity contribution is -0.117. The molecule has 0 bridgehead atoms. The predicted octanol–water partition coefficient (Wildman–Crippen LogP) is 2.24. The van der Waals surface area contributed by atoms with E-state index in [4.69, 9.17) is 17.3 Å². The molecule has 1 aliphatic rings. The largest absolute Gasteiger partial charge is 0.326 e. The highest BCUT2D eigenvalue weighted by Gasteiger charge is 2.30. The molecule has 4 heteroatoms. The molecule has 0 saturated carbocycles. The quantitative estimate of drug-likeness (QED) is 0.810. The fourth-order valence-electron chi connectivity index (χ4n) is 1.97. The molecule has 2 rings (SSSR count). The monoisotopic (exact) mass is 224 g/mol. The van der Waals surface area contributed by atoms with Crippen molar-refractivity contribution in [2.75, 3.05) is 5.32 Å². The summed E-state index contributed by atoms with van der Waals surface area (Å²) in [6.45, 7) is 2.43. The van der Waals surface area contributed by atoms with Crippen LogP contribution < -0.4 is 11.1 Å². The van der Waals surface area contributed by atoms with Crippen LogP contribution in [0.4, 0.5) is 5.69 Å². The SMILES string of the molecule is CCC1C(=O)Nc2c(Cl)cc(CN)cc21. The number of hydrogen-bond acceptors (Lipinski definition) is 2. The average molecular weight is 225 g/mol. The van der Waals surface area contributed by atoms with Gasteiger partial charge in [-0.05, 0) is 23.6 Å². The number of benzene rings is 1. The number of hydrogen-bond donors (Lipinski definition) is 2. The van der Waals surface area contributed by atoms with Gasteiger partial charge in [0, 0.05) is 6.54 Å². The van der Waals surface area contributed by atoms with Crippen LogP contribution in [0.2, 0.25) is 5.02 Å². The molecule has 1 aromatic rings. The second-order valence-electron chi connectivity index (χ2n) is 3.70. The van der Waals surface area contributed by atoms with Crippen LogP contribution in [0.5, 0.6) is 0 Å². The zero-order chi connectivity index (χ0) is 11.0. The predicted molar refractivity (Wildman–Crippen MR) is 61.0 cm³/mol. The van der Waals surface area contributed by atoms with Crippen molar-refractivity contribution >= 4 is 23.2 Å². The summed E-state index contributed by atoms with van der Waals surface area (Å²) in [4.78, 5) is 11.6. The number of fused-ring (bicyclic) bond motifs is 1. The molecule has 3 nitrogen and oxygen atoms in total. The first-order valence-corrected chi connectivity index (χ1v) is 5.38. The van der Waals surface area contributed by atoms with E-state index in [1.165, 1.54) is 0 Å². The summed E-state index contributed by atoms with van der Waals surface area (Å²) in [5.74, 6) is -0.0485. The molecule has 0 aromatic heterocycles. The number of carbonyl (C=O) groups is 1. The lowest BCUT2D eigenvalue weighted by atomic mass is 9.96. The Balaban J connectivity index is 2.54. The van der Waals surface area contributed by atoms with Gasteiger partial charge in [0.05, 0.1) is 16.6 Å². The fraction of sp³-hybridized carbons (Fsp3) is 0.364. The molecule has 0 fully saturated rings. The highest BCUT2D eigenvalue weighted by atomic mass is 35.5. The smallest absolute Gasteiger partial charge is 0.232 e. The molecule has 1 aromatic carbocycles. The van der Waals surface area contributed by atoms with Gasteiger partial charge in [0.1, 0.15) is 0 Å². The Morgan fingerprint density at radius 3 is 2.87 bits per heavy atom. The van der Waals surface area contributed by atoms with Gasteiger partial charge in [-0.25, -0.2) is 0 Å². The molecule has 1 unspecified atom stereocenters. The van der Waals surface area contributed by atoms with E-state index < -0.39 is 0 Å². The van der Waals surface area contributed by atoms with Crippen molar-refractivity contribution in [3.63, 3.8) is 0 Å². The summed E-state index contributed by atoms with van der Waals surface area (Å²) < 4.78 is 0. The van der Waals surface area contributed by atoms with E-state index in [2.05, 4.69) is 5.32 Å². The molecule has 1 atom stereocenters. The maximum Gasteiger partial charge on any atom is 0.232 e. The number of anilines is 1. The number of rotatable bonds is 2. The van der Waals surface area contributed by atoms with Crippen molar-refractivity contribution in [3.05, 3.63) is 28.3 Å². The first kappa shape index (κ1) is 10.5. The fourth-order valence-corrected chi connectivity index (χ4v) is 2.26. The molecule has 0 aliphatic carbocycles. The first-order chi connectivity index (χ1) is 7.17. The Bertz CT molecular complexity index is 417. The van der Waals surface area contributed by atoms with Crippen LogP contribution in [0.25, 0.3) is 0 Å². The van der Waals surface area contributed by atoms with E-state index in [-0.39, 0.29) is 11.8 Å². The number of nitrogens with one attached hydrogen (secondary N) is 1. The summed E-state index contributed by atoms with van der Waals surface area (Å²) in [7, 11) is 0. The maximum atomic E-state index is 11.6. The molecule has 1 amide bonds. The summed E-state index contributed by atoms with van der Waals surface area (Å²) in [5.41, 5.74) is 8.27.